The number of aromatic nitrogens is 4. The third-order valence-electron chi connectivity index (χ3n) is 6.75. The van der Waals surface area contributed by atoms with Gasteiger partial charge >= 0.3 is 5.97 Å². The van der Waals surface area contributed by atoms with E-state index in [0.29, 0.717) is 22.9 Å². The Morgan fingerprint density at radius 3 is 2.52 bits per heavy atom. The quantitative estimate of drug-likeness (QED) is 0.518. The van der Waals surface area contributed by atoms with Gasteiger partial charge < -0.3 is 24.8 Å². The molecule has 3 aromatic rings. The number of anilines is 1. The summed E-state index contributed by atoms with van der Waals surface area (Å²) in [4.78, 5) is 29.6. The Morgan fingerprint density at radius 2 is 1.82 bits per heavy atom. The number of hydrogen-bond donors (Lipinski definition) is 3. The number of rotatable bonds is 6. The van der Waals surface area contributed by atoms with Gasteiger partial charge in [0.25, 0.3) is 0 Å². The number of carboxylic acid groups (broad SMARTS) is 1. The number of carbonyl (C=O) groups is 1. The molecule has 1 saturated carbocycles. The van der Waals surface area contributed by atoms with Crippen molar-refractivity contribution in [3.8, 4) is 17.1 Å². The number of piperidine rings is 1. The number of aliphatic carboxylic acids is 1. The predicted molar refractivity (Wildman–Crippen MR) is 123 cm³/mol. The van der Waals surface area contributed by atoms with Gasteiger partial charge in [-0.3, -0.25) is 4.79 Å². The molecule has 0 atom stereocenters. The zero-order valence-corrected chi connectivity index (χ0v) is 18.5. The van der Waals surface area contributed by atoms with Crippen LogP contribution in [0.5, 0.6) is 5.75 Å². The predicted octanol–water partition coefficient (Wildman–Crippen LogP) is 3.74. The number of aromatic hydroxyl groups is 1. The molecule has 0 bridgehead atoms. The molecule has 0 unspecified atom stereocenters. The molecule has 0 amide bonds. The third kappa shape index (κ3) is 5.08. The van der Waals surface area contributed by atoms with E-state index in [1.807, 2.05) is 18.3 Å². The largest absolute Gasteiger partial charge is 0.506 e. The van der Waals surface area contributed by atoms with Crippen molar-refractivity contribution < 1.29 is 19.7 Å². The first kappa shape index (κ1) is 21.6. The molecular weight excluding hydrogens is 422 g/mol. The number of aromatic amines is 1. The maximum atomic E-state index is 10.9. The van der Waals surface area contributed by atoms with Crippen molar-refractivity contribution in [2.45, 2.75) is 57.2 Å². The molecule has 3 N–H and O–H groups in total. The van der Waals surface area contributed by atoms with E-state index >= 15 is 0 Å². The van der Waals surface area contributed by atoms with Crippen molar-refractivity contribution in [1.82, 2.24) is 19.9 Å². The normalized spacial score (nSPS) is 22.0. The molecule has 0 spiro atoms. The highest BCUT2D eigenvalue weighted by atomic mass is 16.5. The summed E-state index contributed by atoms with van der Waals surface area (Å²) in [6.07, 6.45) is 9.80. The van der Waals surface area contributed by atoms with E-state index in [1.54, 1.807) is 6.07 Å². The maximum absolute atomic E-state index is 10.9. The second kappa shape index (κ2) is 9.35. The highest BCUT2D eigenvalue weighted by molar-refractivity contribution is 5.76. The fourth-order valence-corrected chi connectivity index (χ4v) is 4.95. The minimum atomic E-state index is -0.691. The molecule has 33 heavy (non-hydrogen) atoms. The Bertz CT molecular complexity index is 1100. The molecule has 0 aromatic carbocycles. The number of ether oxygens (including phenoxy) is 1. The monoisotopic (exact) mass is 451 g/mol. The molecule has 4 heterocycles. The fourth-order valence-electron chi connectivity index (χ4n) is 4.95. The van der Waals surface area contributed by atoms with Crippen LogP contribution in [0.25, 0.3) is 22.6 Å². The summed E-state index contributed by atoms with van der Waals surface area (Å²) < 4.78 is 6.35. The first-order chi connectivity index (χ1) is 16.0. The number of nitrogens with one attached hydrogen (secondary N) is 1. The fraction of sp³-hybridized carbons (Fsp3) is 0.500. The van der Waals surface area contributed by atoms with Crippen molar-refractivity contribution in [3.05, 3.63) is 30.6 Å². The van der Waals surface area contributed by atoms with Gasteiger partial charge in [0.15, 0.2) is 5.65 Å². The number of carboxylic acids is 1. The molecule has 1 aliphatic carbocycles. The van der Waals surface area contributed by atoms with Crippen molar-refractivity contribution in [2.24, 2.45) is 5.92 Å². The Hall–Kier alpha value is -3.20. The van der Waals surface area contributed by atoms with Gasteiger partial charge in [0.2, 0.25) is 0 Å². The number of imidazole rings is 1. The van der Waals surface area contributed by atoms with Gasteiger partial charge in [-0.15, -0.1) is 0 Å². The average Bonchev–Trinajstić information content (AvgIpc) is 3.24. The van der Waals surface area contributed by atoms with E-state index in [9.17, 15) is 9.90 Å². The summed E-state index contributed by atoms with van der Waals surface area (Å²) in [7, 11) is 0. The van der Waals surface area contributed by atoms with Crippen LogP contribution in [0.3, 0.4) is 0 Å². The summed E-state index contributed by atoms with van der Waals surface area (Å²) in [5.74, 6) is 1.33. The summed E-state index contributed by atoms with van der Waals surface area (Å²) >= 11 is 0. The van der Waals surface area contributed by atoms with Gasteiger partial charge in [0.05, 0.1) is 23.9 Å². The molecule has 1 aliphatic heterocycles. The molecule has 9 heteroatoms. The van der Waals surface area contributed by atoms with E-state index in [1.165, 1.54) is 6.20 Å². The molecule has 3 aromatic heterocycles. The lowest BCUT2D eigenvalue weighted by atomic mass is 9.85. The molecular formula is C24H29N5O4. The number of H-pyrrole nitrogens is 1. The molecule has 2 fully saturated rings. The van der Waals surface area contributed by atoms with Gasteiger partial charge in [0, 0.05) is 37.3 Å². The Balaban J connectivity index is 1.12. The maximum Gasteiger partial charge on any atom is 0.303 e. The van der Waals surface area contributed by atoms with Crippen LogP contribution >= 0.6 is 0 Å². The van der Waals surface area contributed by atoms with Gasteiger partial charge in [0.1, 0.15) is 17.4 Å². The van der Waals surface area contributed by atoms with Crippen LogP contribution in [0.4, 0.5) is 5.82 Å². The average molecular weight is 452 g/mol. The van der Waals surface area contributed by atoms with E-state index in [-0.39, 0.29) is 24.4 Å². The zero-order valence-electron chi connectivity index (χ0n) is 18.5. The number of fused-ring (bicyclic) bond motifs is 1. The highest BCUT2D eigenvalue weighted by Gasteiger charge is 2.28. The lowest BCUT2D eigenvalue weighted by molar-refractivity contribution is -0.138. The van der Waals surface area contributed by atoms with Crippen LogP contribution in [0.1, 0.15) is 44.9 Å². The van der Waals surface area contributed by atoms with Crippen LogP contribution in [0.15, 0.2) is 30.6 Å². The summed E-state index contributed by atoms with van der Waals surface area (Å²) in [5.41, 5.74) is 2.11. The van der Waals surface area contributed by atoms with E-state index < -0.39 is 5.97 Å². The Kier molecular flexibility index (Phi) is 6.13. The van der Waals surface area contributed by atoms with Crippen molar-refractivity contribution in [3.63, 3.8) is 0 Å². The molecule has 174 valence electrons. The van der Waals surface area contributed by atoms with Crippen molar-refractivity contribution >= 4 is 23.0 Å². The minimum absolute atomic E-state index is 0.101. The number of pyridine rings is 2. The van der Waals surface area contributed by atoms with Crippen LogP contribution in [0.2, 0.25) is 0 Å². The summed E-state index contributed by atoms with van der Waals surface area (Å²) in [6.45, 7) is 1.80. The molecule has 2 aliphatic rings. The SMILES string of the molecule is O=C(O)CC1CCC(OC2CCN(c3ccc(-c4nc5ncc(O)cc5[nH]4)cn3)CC2)CC1. The smallest absolute Gasteiger partial charge is 0.303 e. The van der Waals surface area contributed by atoms with Gasteiger partial charge in [-0.1, -0.05) is 0 Å². The molecule has 1 saturated heterocycles. The molecule has 9 nitrogen and oxygen atoms in total. The minimum Gasteiger partial charge on any atom is -0.506 e. The number of nitrogens with zero attached hydrogens (tertiary/aromatic N) is 4. The second-order valence-electron chi connectivity index (χ2n) is 9.12. The van der Waals surface area contributed by atoms with Gasteiger partial charge in [-0.2, -0.15) is 0 Å². The Morgan fingerprint density at radius 1 is 1.06 bits per heavy atom. The summed E-state index contributed by atoms with van der Waals surface area (Å²) in [6, 6.07) is 5.62. The highest BCUT2D eigenvalue weighted by Crippen LogP contribution is 2.31. The van der Waals surface area contributed by atoms with E-state index in [4.69, 9.17) is 9.84 Å². The van der Waals surface area contributed by atoms with E-state index in [2.05, 4.69) is 24.8 Å². The van der Waals surface area contributed by atoms with Crippen LogP contribution in [-0.2, 0) is 9.53 Å². The first-order valence-electron chi connectivity index (χ1n) is 11.7. The van der Waals surface area contributed by atoms with Crippen LogP contribution in [-0.4, -0.2) is 61.4 Å². The standard InChI is InChI=1S/C24H29N5O4/c30-17-12-20-24(26-14-17)28-23(27-20)16-3-6-21(25-13-16)29-9-7-19(8-10-29)33-18-4-1-15(2-5-18)11-22(31)32/h3,6,12-15,18-19,30H,1-2,4-5,7-11H2,(H,31,32)(H,26,27,28). The molecule has 5 rings (SSSR count). The third-order valence-corrected chi connectivity index (χ3v) is 6.75. The Labute approximate surface area is 191 Å². The topological polar surface area (TPSA) is 124 Å². The van der Waals surface area contributed by atoms with Crippen molar-refractivity contribution in [2.75, 3.05) is 18.0 Å². The lowest BCUT2D eigenvalue weighted by Crippen LogP contribution is -2.39. The second-order valence-corrected chi connectivity index (χ2v) is 9.12. The van der Waals surface area contributed by atoms with Crippen molar-refractivity contribution in [1.29, 1.82) is 0 Å². The summed E-state index contributed by atoms with van der Waals surface area (Å²) in [5, 5.41) is 18.6. The van der Waals surface area contributed by atoms with Gasteiger partial charge in [-0.25, -0.2) is 15.0 Å². The zero-order chi connectivity index (χ0) is 22.8. The molecule has 0 radical (unpaired) electrons. The number of hydrogen-bond acceptors (Lipinski definition) is 7. The lowest BCUT2D eigenvalue weighted by Gasteiger charge is -2.36. The van der Waals surface area contributed by atoms with Crippen LogP contribution < -0.4 is 4.90 Å². The van der Waals surface area contributed by atoms with E-state index in [0.717, 1.165) is 63.0 Å². The first-order valence-corrected chi connectivity index (χ1v) is 11.7. The van der Waals surface area contributed by atoms with Crippen LogP contribution in [0, 0.1) is 5.92 Å². The van der Waals surface area contributed by atoms with Gasteiger partial charge in [-0.05, 0) is 56.6 Å².